The number of carbonyl (C=O) groups is 1. The van der Waals surface area contributed by atoms with Crippen molar-refractivity contribution in [2.45, 2.75) is 31.6 Å². The van der Waals surface area contributed by atoms with Gasteiger partial charge in [-0.25, -0.2) is 13.1 Å². The number of hydrogen-bond donors (Lipinski definition) is 2. The average Bonchev–Trinajstić information content (AvgIpc) is 3.10. The molecule has 3 rings (SSSR count). The van der Waals surface area contributed by atoms with Crippen LogP contribution >= 0.6 is 11.7 Å². The highest BCUT2D eigenvalue weighted by Crippen LogP contribution is 2.20. The number of anilines is 1. The van der Waals surface area contributed by atoms with Gasteiger partial charge in [0.1, 0.15) is 15.9 Å². The highest BCUT2D eigenvalue weighted by atomic mass is 32.2. The number of hydrogen-bond acceptors (Lipinski definition) is 6. The van der Waals surface area contributed by atoms with Crippen molar-refractivity contribution >= 4 is 44.4 Å². The monoisotopic (exact) mass is 404 g/mol. The predicted octanol–water partition coefficient (Wildman–Crippen LogP) is 3.01. The molecule has 9 heteroatoms. The van der Waals surface area contributed by atoms with Crippen molar-refractivity contribution in [2.24, 2.45) is 0 Å². The second-order valence-electron chi connectivity index (χ2n) is 6.24. The molecule has 0 fully saturated rings. The molecule has 2 N–H and O–H groups in total. The van der Waals surface area contributed by atoms with E-state index >= 15 is 0 Å². The fourth-order valence-corrected chi connectivity index (χ4v) is 4.41. The van der Waals surface area contributed by atoms with Gasteiger partial charge in [-0.2, -0.15) is 8.75 Å². The molecule has 0 atom stereocenters. The van der Waals surface area contributed by atoms with Gasteiger partial charge in [0, 0.05) is 18.7 Å². The Morgan fingerprint density at radius 3 is 2.70 bits per heavy atom. The van der Waals surface area contributed by atoms with Crippen molar-refractivity contribution < 1.29 is 13.2 Å². The Morgan fingerprint density at radius 1 is 1.11 bits per heavy atom. The van der Waals surface area contributed by atoms with Gasteiger partial charge in [0.15, 0.2) is 0 Å². The molecule has 0 radical (unpaired) electrons. The van der Waals surface area contributed by atoms with Crippen molar-refractivity contribution in [1.29, 1.82) is 0 Å². The molecule has 0 saturated carbocycles. The van der Waals surface area contributed by atoms with Gasteiger partial charge in [-0.1, -0.05) is 12.1 Å². The third-order valence-corrected chi connectivity index (χ3v) is 6.24. The fraction of sp³-hybridized carbons (Fsp3) is 0.278. The summed E-state index contributed by atoms with van der Waals surface area (Å²) < 4.78 is 35.6. The van der Waals surface area contributed by atoms with Gasteiger partial charge in [-0.3, -0.25) is 4.79 Å². The summed E-state index contributed by atoms with van der Waals surface area (Å²) in [6, 6.07) is 10.6. The molecule has 0 bridgehead atoms. The van der Waals surface area contributed by atoms with Crippen LogP contribution < -0.4 is 10.0 Å². The van der Waals surface area contributed by atoms with E-state index in [1.807, 2.05) is 32.0 Å². The van der Waals surface area contributed by atoms with E-state index in [1.54, 1.807) is 12.1 Å². The molecular formula is C18H20N4O3S2. The number of amides is 1. The zero-order valence-corrected chi connectivity index (χ0v) is 16.7. The molecule has 27 heavy (non-hydrogen) atoms. The van der Waals surface area contributed by atoms with Crippen molar-refractivity contribution in [2.75, 3.05) is 11.9 Å². The van der Waals surface area contributed by atoms with Gasteiger partial charge in [0.2, 0.25) is 15.9 Å². The van der Waals surface area contributed by atoms with Crippen LogP contribution in [0, 0.1) is 13.8 Å². The third-order valence-electron chi connectivity index (χ3n) is 4.20. The summed E-state index contributed by atoms with van der Waals surface area (Å²) in [6.07, 6.45) is 0.610. The molecule has 0 aliphatic carbocycles. The summed E-state index contributed by atoms with van der Waals surface area (Å²) in [5.74, 6) is -0.150. The van der Waals surface area contributed by atoms with Crippen LogP contribution in [0.1, 0.15) is 24.0 Å². The number of rotatable bonds is 7. The van der Waals surface area contributed by atoms with Crippen molar-refractivity contribution in [3.05, 3.63) is 47.5 Å². The van der Waals surface area contributed by atoms with Crippen molar-refractivity contribution in [3.8, 4) is 0 Å². The molecule has 2 aromatic carbocycles. The topological polar surface area (TPSA) is 101 Å². The lowest BCUT2D eigenvalue weighted by atomic mass is 10.1. The standard InChI is InChI=1S/C18H20N4O3S2/c1-12-8-9-14(11-13(12)2)20-17(23)7-4-10-19-27(24,25)16-6-3-5-15-18(16)22-26-21-15/h3,5-6,8-9,11,19H,4,7,10H2,1-2H3,(H,20,23). The summed E-state index contributed by atoms with van der Waals surface area (Å²) in [4.78, 5) is 12.1. The number of nitrogens with one attached hydrogen (secondary N) is 2. The molecule has 1 heterocycles. The molecular weight excluding hydrogens is 384 g/mol. The largest absolute Gasteiger partial charge is 0.326 e. The number of aryl methyl sites for hydroxylation is 2. The molecule has 142 valence electrons. The summed E-state index contributed by atoms with van der Waals surface area (Å²) in [7, 11) is -3.70. The molecule has 0 saturated heterocycles. The van der Waals surface area contributed by atoms with Gasteiger partial charge in [0.05, 0.1) is 11.7 Å². The van der Waals surface area contributed by atoms with E-state index in [4.69, 9.17) is 0 Å². The van der Waals surface area contributed by atoms with Crippen LogP contribution in [0.2, 0.25) is 0 Å². The zero-order valence-electron chi connectivity index (χ0n) is 15.0. The maximum Gasteiger partial charge on any atom is 0.242 e. The number of aromatic nitrogens is 2. The number of fused-ring (bicyclic) bond motifs is 1. The lowest BCUT2D eigenvalue weighted by Gasteiger charge is -2.09. The molecule has 1 amide bonds. The van der Waals surface area contributed by atoms with E-state index in [2.05, 4.69) is 18.8 Å². The van der Waals surface area contributed by atoms with E-state index < -0.39 is 10.0 Å². The maximum atomic E-state index is 12.5. The molecule has 7 nitrogen and oxygen atoms in total. The number of benzene rings is 2. The molecule has 1 aromatic heterocycles. The predicted molar refractivity (Wildman–Crippen MR) is 106 cm³/mol. The Morgan fingerprint density at radius 2 is 1.93 bits per heavy atom. The summed E-state index contributed by atoms with van der Waals surface area (Å²) in [5, 5.41) is 2.83. The van der Waals surface area contributed by atoms with Crippen molar-refractivity contribution in [1.82, 2.24) is 13.5 Å². The second kappa shape index (κ2) is 8.12. The minimum atomic E-state index is -3.70. The number of carbonyl (C=O) groups excluding carboxylic acids is 1. The first-order valence-corrected chi connectivity index (χ1v) is 10.7. The Kier molecular flexibility index (Phi) is 5.83. The Balaban J connectivity index is 1.52. The minimum absolute atomic E-state index is 0.105. The SMILES string of the molecule is Cc1ccc(NC(=O)CCCNS(=O)(=O)c2cccc3nsnc23)cc1C. The van der Waals surface area contributed by atoms with E-state index in [1.165, 1.54) is 6.07 Å². The van der Waals surface area contributed by atoms with Crippen LogP contribution in [0.25, 0.3) is 11.0 Å². The van der Waals surface area contributed by atoms with Gasteiger partial charge in [-0.05, 0) is 55.7 Å². The van der Waals surface area contributed by atoms with E-state index in [9.17, 15) is 13.2 Å². The average molecular weight is 405 g/mol. The summed E-state index contributed by atoms with van der Waals surface area (Å²) >= 11 is 0.973. The lowest BCUT2D eigenvalue weighted by molar-refractivity contribution is -0.116. The molecule has 0 unspecified atom stereocenters. The fourth-order valence-electron chi connectivity index (χ4n) is 2.57. The van der Waals surface area contributed by atoms with Crippen LogP contribution in [0.3, 0.4) is 0 Å². The van der Waals surface area contributed by atoms with Gasteiger partial charge in [0.25, 0.3) is 0 Å². The third kappa shape index (κ3) is 4.68. The van der Waals surface area contributed by atoms with Crippen LogP contribution in [-0.4, -0.2) is 29.6 Å². The highest BCUT2D eigenvalue weighted by molar-refractivity contribution is 7.89. The molecule has 0 aliphatic rings. The Labute approximate surface area is 162 Å². The first-order chi connectivity index (χ1) is 12.9. The van der Waals surface area contributed by atoms with Crippen LogP contribution in [0.4, 0.5) is 5.69 Å². The van der Waals surface area contributed by atoms with Gasteiger partial charge < -0.3 is 5.32 Å². The zero-order chi connectivity index (χ0) is 19.4. The normalized spacial score (nSPS) is 11.6. The second-order valence-corrected chi connectivity index (χ2v) is 8.50. The first kappa shape index (κ1) is 19.4. The number of nitrogens with zero attached hydrogens (tertiary/aromatic N) is 2. The van der Waals surface area contributed by atoms with Crippen LogP contribution in [0.15, 0.2) is 41.3 Å². The quantitative estimate of drug-likeness (QED) is 0.590. The lowest BCUT2D eigenvalue weighted by Crippen LogP contribution is -2.26. The van der Waals surface area contributed by atoms with Gasteiger partial charge in [-0.15, -0.1) is 0 Å². The Hall–Kier alpha value is -2.36. The van der Waals surface area contributed by atoms with E-state index in [0.717, 1.165) is 28.5 Å². The van der Waals surface area contributed by atoms with E-state index in [0.29, 0.717) is 17.5 Å². The molecule has 3 aromatic rings. The van der Waals surface area contributed by atoms with Crippen LogP contribution in [-0.2, 0) is 14.8 Å². The molecule has 0 aliphatic heterocycles. The summed E-state index contributed by atoms with van der Waals surface area (Å²) in [6.45, 7) is 4.16. The summed E-state index contributed by atoms with van der Waals surface area (Å²) in [5.41, 5.74) is 3.92. The van der Waals surface area contributed by atoms with Crippen LogP contribution in [0.5, 0.6) is 0 Å². The Bertz CT molecular complexity index is 1080. The van der Waals surface area contributed by atoms with E-state index in [-0.39, 0.29) is 23.8 Å². The van der Waals surface area contributed by atoms with Crippen molar-refractivity contribution in [3.63, 3.8) is 0 Å². The van der Waals surface area contributed by atoms with Gasteiger partial charge >= 0.3 is 0 Å². The first-order valence-electron chi connectivity index (χ1n) is 8.45. The minimum Gasteiger partial charge on any atom is -0.326 e. The maximum absolute atomic E-state index is 12.5. The number of sulfonamides is 1. The highest BCUT2D eigenvalue weighted by Gasteiger charge is 2.19. The molecule has 0 spiro atoms. The smallest absolute Gasteiger partial charge is 0.242 e.